The van der Waals surface area contributed by atoms with Crippen LogP contribution in [0.3, 0.4) is 0 Å². The molecule has 0 aliphatic heterocycles. The summed E-state index contributed by atoms with van der Waals surface area (Å²) in [5.74, 6) is -1.11. The number of methoxy groups -OCH3 is 1. The van der Waals surface area contributed by atoms with Crippen LogP contribution < -0.4 is 14.8 Å². The Balaban J connectivity index is 1.86. The van der Waals surface area contributed by atoms with Gasteiger partial charge >= 0.3 is 5.97 Å². The maximum atomic E-state index is 12.1. The summed E-state index contributed by atoms with van der Waals surface area (Å²) in [5, 5.41) is 2.18. The molecule has 7 nitrogen and oxygen atoms in total. The van der Waals surface area contributed by atoms with Gasteiger partial charge in [-0.15, -0.1) is 0 Å². The van der Waals surface area contributed by atoms with Gasteiger partial charge < -0.3 is 14.2 Å². The molecule has 0 radical (unpaired) electrons. The van der Waals surface area contributed by atoms with E-state index in [2.05, 4.69) is 11.9 Å². The Hall–Kier alpha value is -3.61. The first-order chi connectivity index (χ1) is 13.5. The standard InChI is InChI=1S/C21H21NO6/c1-3-11-27-17-10-9-16(13-18(17)26-2)21(25)28-14-20(24)22-19(23)12-15-7-5-4-6-8-15/h3-10,13H,1,11-12,14H2,2H3,(H,22,23,24). The molecule has 0 fully saturated rings. The van der Waals surface area contributed by atoms with E-state index in [0.717, 1.165) is 5.56 Å². The molecule has 0 aromatic heterocycles. The van der Waals surface area contributed by atoms with E-state index >= 15 is 0 Å². The van der Waals surface area contributed by atoms with Crippen molar-refractivity contribution >= 4 is 17.8 Å². The Morgan fingerprint density at radius 3 is 2.46 bits per heavy atom. The molecule has 0 saturated heterocycles. The average Bonchev–Trinajstić information content (AvgIpc) is 2.70. The zero-order valence-corrected chi connectivity index (χ0v) is 15.5. The van der Waals surface area contributed by atoms with Crippen molar-refractivity contribution in [1.82, 2.24) is 5.32 Å². The number of esters is 1. The Morgan fingerprint density at radius 2 is 1.79 bits per heavy atom. The van der Waals surface area contributed by atoms with Gasteiger partial charge in [-0.25, -0.2) is 4.79 Å². The van der Waals surface area contributed by atoms with Crippen LogP contribution in [0.15, 0.2) is 61.2 Å². The molecule has 0 aliphatic carbocycles. The zero-order valence-electron chi connectivity index (χ0n) is 15.5. The highest BCUT2D eigenvalue weighted by molar-refractivity contribution is 5.98. The summed E-state index contributed by atoms with van der Waals surface area (Å²) in [5.41, 5.74) is 0.960. The Kier molecular flexibility index (Phi) is 7.77. The second-order valence-electron chi connectivity index (χ2n) is 5.68. The lowest BCUT2D eigenvalue weighted by Gasteiger charge is -2.11. The predicted octanol–water partition coefficient (Wildman–Crippen LogP) is 2.30. The van der Waals surface area contributed by atoms with Gasteiger partial charge in [0.25, 0.3) is 5.91 Å². The molecule has 146 valence electrons. The third kappa shape index (κ3) is 6.28. The van der Waals surface area contributed by atoms with Crippen LogP contribution in [-0.4, -0.2) is 38.1 Å². The van der Waals surface area contributed by atoms with Crippen molar-refractivity contribution in [3.63, 3.8) is 0 Å². The lowest BCUT2D eigenvalue weighted by atomic mass is 10.1. The Labute approximate surface area is 162 Å². The summed E-state index contributed by atoms with van der Waals surface area (Å²) in [6, 6.07) is 13.5. The quantitative estimate of drug-likeness (QED) is 0.528. The summed E-state index contributed by atoms with van der Waals surface area (Å²) >= 11 is 0. The number of benzene rings is 2. The fourth-order valence-corrected chi connectivity index (χ4v) is 2.29. The highest BCUT2D eigenvalue weighted by Gasteiger charge is 2.15. The van der Waals surface area contributed by atoms with Crippen molar-refractivity contribution < 1.29 is 28.6 Å². The van der Waals surface area contributed by atoms with Crippen LogP contribution in [0, 0.1) is 0 Å². The van der Waals surface area contributed by atoms with Crippen molar-refractivity contribution in [2.24, 2.45) is 0 Å². The zero-order chi connectivity index (χ0) is 20.4. The summed E-state index contributed by atoms with van der Waals surface area (Å²) in [6.07, 6.45) is 1.64. The number of carbonyl (C=O) groups excluding carboxylic acids is 3. The Bertz CT molecular complexity index is 847. The fraction of sp³-hybridized carbons (Fsp3) is 0.190. The normalized spacial score (nSPS) is 9.89. The number of nitrogens with one attached hydrogen (secondary N) is 1. The largest absolute Gasteiger partial charge is 0.493 e. The van der Waals surface area contributed by atoms with E-state index in [9.17, 15) is 14.4 Å². The number of rotatable bonds is 9. The molecule has 2 aromatic carbocycles. The maximum absolute atomic E-state index is 12.1. The molecule has 1 N–H and O–H groups in total. The molecule has 2 aromatic rings. The second-order valence-corrected chi connectivity index (χ2v) is 5.68. The minimum absolute atomic E-state index is 0.0594. The van der Waals surface area contributed by atoms with Crippen molar-refractivity contribution in [2.45, 2.75) is 6.42 Å². The van der Waals surface area contributed by atoms with Gasteiger partial charge in [0.1, 0.15) is 6.61 Å². The van der Waals surface area contributed by atoms with Crippen molar-refractivity contribution in [1.29, 1.82) is 0 Å². The molecular weight excluding hydrogens is 362 g/mol. The molecule has 0 heterocycles. The number of imide groups is 1. The van der Waals surface area contributed by atoms with Crippen LogP contribution in [0.4, 0.5) is 0 Å². The Morgan fingerprint density at radius 1 is 1.04 bits per heavy atom. The van der Waals surface area contributed by atoms with Crippen LogP contribution in [-0.2, 0) is 20.7 Å². The molecule has 0 saturated carbocycles. The van der Waals surface area contributed by atoms with E-state index in [-0.39, 0.29) is 18.6 Å². The number of carbonyl (C=O) groups is 3. The lowest BCUT2D eigenvalue weighted by Crippen LogP contribution is -2.35. The van der Waals surface area contributed by atoms with Crippen molar-refractivity contribution in [2.75, 3.05) is 20.3 Å². The monoisotopic (exact) mass is 383 g/mol. The van der Waals surface area contributed by atoms with E-state index < -0.39 is 24.4 Å². The molecule has 0 aliphatic rings. The van der Waals surface area contributed by atoms with Gasteiger partial charge in [0.2, 0.25) is 5.91 Å². The molecule has 2 rings (SSSR count). The molecule has 0 bridgehead atoms. The van der Waals surface area contributed by atoms with Crippen molar-refractivity contribution in [3.8, 4) is 11.5 Å². The van der Waals surface area contributed by atoms with Gasteiger partial charge in [0, 0.05) is 0 Å². The first-order valence-electron chi connectivity index (χ1n) is 8.49. The lowest BCUT2D eigenvalue weighted by molar-refractivity contribution is -0.132. The minimum Gasteiger partial charge on any atom is -0.493 e. The predicted molar refractivity (Wildman–Crippen MR) is 102 cm³/mol. The first kappa shape index (κ1) is 20.7. The number of amides is 2. The van der Waals surface area contributed by atoms with Gasteiger partial charge in [-0.2, -0.15) is 0 Å². The third-order valence-corrected chi connectivity index (χ3v) is 3.58. The molecular formula is C21H21NO6. The molecule has 28 heavy (non-hydrogen) atoms. The van der Waals surface area contributed by atoms with Crippen molar-refractivity contribution in [3.05, 3.63) is 72.3 Å². The smallest absolute Gasteiger partial charge is 0.338 e. The minimum atomic E-state index is -0.723. The third-order valence-electron chi connectivity index (χ3n) is 3.58. The van der Waals surface area contributed by atoms with Gasteiger partial charge in [-0.05, 0) is 23.8 Å². The van der Waals surface area contributed by atoms with E-state index in [4.69, 9.17) is 14.2 Å². The fourth-order valence-electron chi connectivity index (χ4n) is 2.29. The average molecular weight is 383 g/mol. The number of hydrogen-bond acceptors (Lipinski definition) is 6. The first-order valence-corrected chi connectivity index (χ1v) is 8.49. The molecule has 7 heteroatoms. The van der Waals surface area contributed by atoms with Crippen LogP contribution in [0.1, 0.15) is 15.9 Å². The van der Waals surface area contributed by atoms with Crippen LogP contribution in [0.5, 0.6) is 11.5 Å². The van der Waals surface area contributed by atoms with Gasteiger partial charge in [-0.1, -0.05) is 43.0 Å². The van der Waals surface area contributed by atoms with Gasteiger partial charge in [0.05, 0.1) is 19.1 Å². The van der Waals surface area contributed by atoms with Gasteiger partial charge in [-0.3, -0.25) is 14.9 Å². The molecule has 0 unspecified atom stereocenters. The van der Waals surface area contributed by atoms with Crippen LogP contribution in [0.25, 0.3) is 0 Å². The maximum Gasteiger partial charge on any atom is 0.338 e. The highest BCUT2D eigenvalue weighted by atomic mass is 16.5. The number of hydrogen-bond donors (Lipinski definition) is 1. The summed E-state index contributed by atoms with van der Waals surface area (Å²) in [4.78, 5) is 35.8. The van der Waals surface area contributed by atoms with E-state index in [1.807, 2.05) is 6.07 Å². The molecule has 0 spiro atoms. The number of ether oxygens (including phenoxy) is 3. The van der Waals surface area contributed by atoms with Crippen LogP contribution >= 0.6 is 0 Å². The van der Waals surface area contributed by atoms with Crippen LogP contribution in [0.2, 0.25) is 0 Å². The van der Waals surface area contributed by atoms with Gasteiger partial charge in [0.15, 0.2) is 18.1 Å². The summed E-state index contributed by atoms with van der Waals surface area (Å²) in [7, 11) is 1.44. The highest BCUT2D eigenvalue weighted by Crippen LogP contribution is 2.28. The van der Waals surface area contributed by atoms with E-state index in [1.54, 1.807) is 36.4 Å². The second kappa shape index (κ2) is 10.5. The van der Waals surface area contributed by atoms with E-state index in [1.165, 1.54) is 19.2 Å². The topological polar surface area (TPSA) is 90.9 Å². The summed E-state index contributed by atoms with van der Waals surface area (Å²) in [6.45, 7) is 3.28. The molecule has 2 amide bonds. The summed E-state index contributed by atoms with van der Waals surface area (Å²) < 4.78 is 15.5. The molecule has 0 atom stereocenters. The SMILES string of the molecule is C=CCOc1ccc(C(=O)OCC(=O)NC(=O)Cc2ccccc2)cc1OC. The van der Waals surface area contributed by atoms with E-state index in [0.29, 0.717) is 11.5 Å².